The van der Waals surface area contributed by atoms with E-state index in [1.165, 1.54) is 0 Å². The lowest BCUT2D eigenvalue weighted by Crippen LogP contribution is -2.11. The van der Waals surface area contributed by atoms with Gasteiger partial charge in [0, 0.05) is 18.3 Å². The third-order valence-electron chi connectivity index (χ3n) is 2.52. The van der Waals surface area contributed by atoms with Crippen LogP contribution in [0.1, 0.15) is 5.56 Å². The molecule has 3 N–H and O–H groups in total. The van der Waals surface area contributed by atoms with Crippen molar-refractivity contribution >= 4 is 44.3 Å². The third kappa shape index (κ3) is 3.50. The standard InChI is InChI=1S/C11H10ClN3O4S2/c12-11-9(15(16)17)5-10(20-11)21(18,19)14-8-3-1-2-7(4-8)6-13/h1-5,14H,6,13H2. The largest absolute Gasteiger partial charge is 0.326 e. The fraction of sp³-hybridized carbons (Fsp3) is 0.0909. The van der Waals surface area contributed by atoms with E-state index >= 15 is 0 Å². The lowest BCUT2D eigenvalue weighted by molar-refractivity contribution is -0.384. The molecular weight excluding hydrogens is 338 g/mol. The van der Waals surface area contributed by atoms with Crippen molar-refractivity contribution in [3.05, 3.63) is 50.3 Å². The van der Waals surface area contributed by atoms with Crippen molar-refractivity contribution in [1.82, 2.24) is 0 Å². The van der Waals surface area contributed by atoms with Gasteiger partial charge in [-0.05, 0) is 17.7 Å². The normalized spacial score (nSPS) is 11.3. The van der Waals surface area contributed by atoms with Crippen LogP contribution in [0.5, 0.6) is 0 Å². The van der Waals surface area contributed by atoms with Crippen LogP contribution in [-0.2, 0) is 16.6 Å². The first kappa shape index (κ1) is 15.7. The molecule has 10 heteroatoms. The van der Waals surface area contributed by atoms with E-state index in [1.54, 1.807) is 24.3 Å². The maximum atomic E-state index is 12.2. The van der Waals surface area contributed by atoms with E-state index in [1.807, 2.05) is 0 Å². The number of hydrogen-bond acceptors (Lipinski definition) is 6. The van der Waals surface area contributed by atoms with Crippen LogP contribution < -0.4 is 10.5 Å². The Labute approximate surface area is 129 Å². The molecule has 0 saturated carbocycles. The molecule has 1 heterocycles. The van der Waals surface area contributed by atoms with Crippen molar-refractivity contribution < 1.29 is 13.3 Å². The van der Waals surface area contributed by atoms with Crippen molar-refractivity contribution in [1.29, 1.82) is 0 Å². The molecule has 21 heavy (non-hydrogen) atoms. The van der Waals surface area contributed by atoms with Crippen LogP contribution >= 0.6 is 22.9 Å². The van der Waals surface area contributed by atoms with Crippen LogP contribution in [0, 0.1) is 10.1 Å². The Bertz CT molecular complexity index is 789. The highest BCUT2D eigenvalue weighted by Crippen LogP contribution is 2.36. The van der Waals surface area contributed by atoms with Gasteiger partial charge < -0.3 is 5.73 Å². The van der Waals surface area contributed by atoms with Gasteiger partial charge in [-0.1, -0.05) is 23.7 Å². The number of nitrogens with two attached hydrogens (primary N) is 1. The molecule has 0 spiro atoms. The topological polar surface area (TPSA) is 115 Å². The van der Waals surface area contributed by atoms with Gasteiger partial charge in [-0.25, -0.2) is 8.42 Å². The molecule has 0 atom stereocenters. The van der Waals surface area contributed by atoms with Crippen LogP contribution in [0.25, 0.3) is 0 Å². The summed E-state index contributed by atoms with van der Waals surface area (Å²) < 4.78 is 26.3. The minimum Gasteiger partial charge on any atom is -0.326 e. The first-order valence-electron chi connectivity index (χ1n) is 5.59. The molecule has 1 aromatic heterocycles. The summed E-state index contributed by atoms with van der Waals surface area (Å²) in [6, 6.07) is 7.48. The molecule has 1 aromatic carbocycles. The Morgan fingerprint density at radius 3 is 2.67 bits per heavy atom. The summed E-state index contributed by atoms with van der Waals surface area (Å²) in [5.41, 5.74) is 6.13. The average molecular weight is 348 g/mol. The highest BCUT2D eigenvalue weighted by Gasteiger charge is 2.25. The van der Waals surface area contributed by atoms with E-state index in [2.05, 4.69) is 4.72 Å². The van der Waals surface area contributed by atoms with Gasteiger partial charge in [-0.15, -0.1) is 11.3 Å². The first-order valence-corrected chi connectivity index (χ1v) is 8.27. The number of rotatable bonds is 5. The highest BCUT2D eigenvalue weighted by molar-refractivity contribution is 7.94. The molecule has 0 radical (unpaired) electrons. The number of hydrogen-bond donors (Lipinski definition) is 2. The zero-order chi connectivity index (χ0) is 15.6. The van der Waals surface area contributed by atoms with Gasteiger partial charge in [-0.3, -0.25) is 14.8 Å². The predicted molar refractivity (Wildman–Crippen MR) is 81.1 cm³/mol. The van der Waals surface area contributed by atoms with Gasteiger partial charge in [0.25, 0.3) is 15.7 Å². The summed E-state index contributed by atoms with van der Waals surface area (Å²) in [5, 5.41) is 10.7. The average Bonchev–Trinajstić information content (AvgIpc) is 2.81. The minimum absolute atomic E-state index is 0.184. The van der Waals surface area contributed by atoms with E-state index < -0.39 is 20.6 Å². The second-order valence-electron chi connectivity index (χ2n) is 3.99. The van der Waals surface area contributed by atoms with Crippen molar-refractivity contribution in [2.24, 2.45) is 5.73 Å². The van der Waals surface area contributed by atoms with Crippen LogP contribution in [-0.4, -0.2) is 13.3 Å². The Hall–Kier alpha value is -1.68. The molecule has 0 unspecified atom stereocenters. The molecule has 112 valence electrons. The van der Waals surface area contributed by atoms with E-state index in [-0.39, 0.29) is 15.1 Å². The highest BCUT2D eigenvalue weighted by atomic mass is 35.5. The zero-order valence-electron chi connectivity index (χ0n) is 10.4. The lowest BCUT2D eigenvalue weighted by Gasteiger charge is -2.07. The smallest absolute Gasteiger partial charge is 0.300 e. The molecular formula is C11H10ClN3O4S2. The van der Waals surface area contributed by atoms with Crippen LogP contribution in [0.3, 0.4) is 0 Å². The molecule has 0 fully saturated rings. The van der Waals surface area contributed by atoms with Crippen LogP contribution in [0.15, 0.2) is 34.5 Å². The predicted octanol–water partition coefficient (Wildman–Crippen LogP) is 2.57. The number of thiophene rings is 1. The van der Waals surface area contributed by atoms with Gasteiger partial charge >= 0.3 is 0 Å². The van der Waals surface area contributed by atoms with E-state index in [0.717, 1.165) is 11.6 Å². The summed E-state index contributed by atoms with van der Waals surface area (Å²) in [4.78, 5) is 9.97. The maximum Gasteiger partial charge on any atom is 0.300 e. The monoisotopic (exact) mass is 347 g/mol. The van der Waals surface area contributed by atoms with Crippen molar-refractivity contribution in [2.75, 3.05) is 4.72 Å². The SMILES string of the molecule is NCc1cccc(NS(=O)(=O)c2cc([N+](=O)[O-])c(Cl)s2)c1. The molecule has 0 aliphatic rings. The maximum absolute atomic E-state index is 12.2. The minimum atomic E-state index is -3.93. The second-order valence-corrected chi connectivity index (χ2v) is 7.56. The van der Waals surface area contributed by atoms with Gasteiger partial charge in [0.2, 0.25) is 0 Å². The number of anilines is 1. The number of halogens is 1. The van der Waals surface area contributed by atoms with Gasteiger partial charge in [-0.2, -0.15) is 0 Å². The van der Waals surface area contributed by atoms with Gasteiger partial charge in [0.1, 0.15) is 4.21 Å². The first-order chi connectivity index (χ1) is 9.83. The molecule has 2 aromatic rings. The molecule has 7 nitrogen and oxygen atoms in total. The van der Waals surface area contributed by atoms with E-state index in [9.17, 15) is 18.5 Å². The fourth-order valence-electron chi connectivity index (χ4n) is 1.56. The zero-order valence-corrected chi connectivity index (χ0v) is 12.8. The second kappa shape index (κ2) is 5.98. The number of sulfonamides is 1. The van der Waals surface area contributed by atoms with Crippen molar-refractivity contribution in [3.63, 3.8) is 0 Å². The molecule has 0 amide bonds. The quantitative estimate of drug-likeness (QED) is 0.637. The van der Waals surface area contributed by atoms with Crippen LogP contribution in [0.4, 0.5) is 11.4 Å². The summed E-state index contributed by atoms with van der Waals surface area (Å²) >= 11 is 6.29. The lowest BCUT2D eigenvalue weighted by atomic mass is 10.2. The number of nitro groups is 1. The summed E-state index contributed by atoms with van der Waals surface area (Å²) in [5.74, 6) is 0. The molecule has 0 aliphatic carbocycles. The molecule has 0 saturated heterocycles. The van der Waals surface area contributed by atoms with E-state index in [0.29, 0.717) is 17.0 Å². The number of nitrogens with one attached hydrogen (secondary N) is 1. The Morgan fingerprint density at radius 1 is 1.38 bits per heavy atom. The molecule has 0 bridgehead atoms. The Balaban J connectivity index is 2.34. The Kier molecular flexibility index (Phi) is 4.47. The summed E-state index contributed by atoms with van der Waals surface area (Å²) in [6.45, 7) is 0.270. The van der Waals surface area contributed by atoms with Crippen molar-refractivity contribution in [2.45, 2.75) is 10.8 Å². The fourth-order valence-corrected chi connectivity index (χ4v) is 4.28. The summed E-state index contributed by atoms with van der Waals surface area (Å²) in [7, 11) is -3.93. The van der Waals surface area contributed by atoms with Gasteiger partial charge in [0.05, 0.1) is 4.92 Å². The third-order valence-corrected chi connectivity index (χ3v) is 5.72. The van der Waals surface area contributed by atoms with Gasteiger partial charge in [0.15, 0.2) is 4.34 Å². The summed E-state index contributed by atoms with van der Waals surface area (Å²) in [6.07, 6.45) is 0. The van der Waals surface area contributed by atoms with Crippen LogP contribution in [0.2, 0.25) is 4.34 Å². The Morgan fingerprint density at radius 2 is 2.10 bits per heavy atom. The number of nitrogens with zero attached hydrogens (tertiary/aromatic N) is 1. The molecule has 0 aliphatic heterocycles. The van der Waals surface area contributed by atoms with E-state index in [4.69, 9.17) is 17.3 Å². The molecule has 2 rings (SSSR count). The number of benzene rings is 1. The van der Waals surface area contributed by atoms with Crippen molar-refractivity contribution in [3.8, 4) is 0 Å².